The van der Waals surface area contributed by atoms with E-state index in [1.54, 1.807) is 6.20 Å². The van der Waals surface area contributed by atoms with Crippen molar-refractivity contribution in [2.24, 2.45) is 0 Å². The van der Waals surface area contributed by atoms with E-state index in [4.69, 9.17) is 11.6 Å². The summed E-state index contributed by atoms with van der Waals surface area (Å²) in [4.78, 5) is 9.18. The van der Waals surface area contributed by atoms with Gasteiger partial charge >= 0.3 is 0 Å². The molecule has 1 aliphatic heterocycles. The van der Waals surface area contributed by atoms with Gasteiger partial charge in [-0.15, -0.1) is 0 Å². The van der Waals surface area contributed by atoms with Gasteiger partial charge in [0, 0.05) is 43.4 Å². The molecule has 2 heterocycles. The number of pyridine rings is 1. The molecule has 3 nitrogen and oxygen atoms in total. The number of hydrogen-bond donors (Lipinski definition) is 0. The molecule has 0 atom stereocenters. The van der Waals surface area contributed by atoms with Crippen molar-refractivity contribution in [3.8, 4) is 0 Å². The summed E-state index contributed by atoms with van der Waals surface area (Å²) < 4.78 is 1.19. The first-order chi connectivity index (χ1) is 10.2. The van der Waals surface area contributed by atoms with Crippen LogP contribution in [-0.2, 0) is 6.54 Å². The maximum atomic E-state index is 5.89. The Labute approximate surface area is 138 Å². The summed E-state index contributed by atoms with van der Waals surface area (Å²) in [6.45, 7) is 5.08. The lowest BCUT2D eigenvalue weighted by molar-refractivity contribution is 0.249. The molecule has 21 heavy (non-hydrogen) atoms. The van der Waals surface area contributed by atoms with Crippen LogP contribution in [0, 0.1) is 0 Å². The van der Waals surface area contributed by atoms with Crippen molar-refractivity contribution in [1.29, 1.82) is 0 Å². The molecule has 0 amide bonds. The molecule has 1 aliphatic rings. The van der Waals surface area contributed by atoms with Gasteiger partial charge in [0.15, 0.2) is 0 Å². The fraction of sp³-hybridized carbons (Fsp3) is 0.312. The molecule has 0 aliphatic carbocycles. The number of hydrogen-bond acceptors (Lipinski definition) is 3. The first-order valence-electron chi connectivity index (χ1n) is 7.04. The summed E-state index contributed by atoms with van der Waals surface area (Å²) in [5.74, 6) is 1.01. The average molecular weight is 367 g/mol. The minimum atomic E-state index is 0.686. The minimum Gasteiger partial charge on any atom is -0.354 e. The zero-order valence-corrected chi connectivity index (χ0v) is 14.0. The van der Waals surface area contributed by atoms with Gasteiger partial charge in [-0.05, 0) is 23.8 Å². The molecule has 0 saturated carbocycles. The van der Waals surface area contributed by atoms with Crippen LogP contribution in [0.15, 0.2) is 47.1 Å². The van der Waals surface area contributed by atoms with E-state index in [1.165, 1.54) is 10.0 Å². The van der Waals surface area contributed by atoms with Crippen LogP contribution >= 0.6 is 27.5 Å². The second kappa shape index (κ2) is 6.77. The van der Waals surface area contributed by atoms with Crippen LogP contribution in [0.25, 0.3) is 0 Å². The lowest BCUT2D eigenvalue weighted by atomic mass is 10.2. The van der Waals surface area contributed by atoms with Crippen LogP contribution in [0.2, 0.25) is 5.02 Å². The van der Waals surface area contributed by atoms with Crippen molar-refractivity contribution in [1.82, 2.24) is 9.88 Å². The molecule has 0 radical (unpaired) electrons. The monoisotopic (exact) mass is 365 g/mol. The highest BCUT2D eigenvalue weighted by atomic mass is 79.9. The molecular weight excluding hydrogens is 350 g/mol. The number of piperazine rings is 1. The van der Waals surface area contributed by atoms with E-state index in [1.807, 2.05) is 12.1 Å². The first-order valence-corrected chi connectivity index (χ1v) is 8.22. The molecule has 1 aromatic heterocycles. The summed E-state index contributed by atoms with van der Waals surface area (Å²) in [7, 11) is 0. The van der Waals surface area contributed by atoms with E-state index in [2.05, 4.69) is 55.0 Å². The zero-order valence-electron chi connectivity index (χ0n) is 11.7. The Morgan fingerprint density at radius 3 is 2.48 bits per heavy atom. The maximum absolute atomic E-state index is 5.89. The fourth-order valence-corrected chi connectivity index (χ4v) is 3.08. The second-order valence-corrected chi connectivity index (χ2v) is 6.48. The summed E-state index contributed by atoms with van der Waals surface area (Å²) in [6, 6.07) is 12.3. The number of aromatic nitrogens is 1. The van der Waals surface area contributed by atoms with Gasteiger partial charge < -0.3 is 4.90 Å². The minimum absolute atomic E-state index is 0.686. The van der Waals surface area contributed by atoms with Gasteiger partial charge in [-0.2, -0.15) is 0 Å². The second-order valence-electron chi connectivity index (χ2n) is 5.19. The van der Waals surface area contributed by atoms with E-state index in [-0.39, 0.29) is 0 Å². The third-order valence-corrected chi connectivity index (χ3v) is 4.76. The molecule has 110 valence electrons. The average Bonchev–Trinajstić information content (AvgIpc) is 2.51. The number of benzene rings is 1. The summed E-state index contributed by atoms with van der Waals surface area (Å²) in [5.41, 5.74) is 1.34. The van der Waals surface area contributed by atoms with Gasteiger partial charge in [-0.3, -0.25) is 4.90 Å². The molecule has 2 aromatic rings. The van der Waals surface area contributed by atoms with Crippen molar-refractivity contribution >= 4 is 33.3 Å². The Hall–Kier alpha value is -1.10. The first kappa shape index (κ1) is 14.8. The third kappa shape index (κ3) is 3.76. The molecule has 0 bridgehead atoms. The summed E-state index contributed by atoms with van der Waals surface area (Å²) >= 11 is 9.50. The van der Waals surface area contributed by atoms with Crippen LogP contribution in [0.3, 0.4) is 0 Å². The van der Waals surface area contributed by atoms with E-state index in [9.17, 15) is 0 Å². The van der Waals surface area contributed by atoms with E-state index in [0.717, 1.165) is 38.5 Å². The van der Waals surface area contributed by atoms with Gasteiger partial charge in [-0.1, -0.05) is 45.7 Å². The van der Waals surface area contributed by atoms with Crippen molar-refractivity contribution in [3.05, 3.63) is 57.7 Å². The van der Waals surface area contributed by atoms with E-state index >= 15 is 0 Å². The lowest BCUT2D eigenvalue weighted by Crippen LogP contribution is -2.46. The molecule has 1 fully saturated rings. The SMILES string of the molecule is Clc1ccc(N2CCN(Cc3ccccc3Br)CC2)nc1. The fourth-order valence-electron chi connectivity index (χ4n) is 2.56. The standard InChI is InChI=1S/C16H17BrClN3/c17-15-4-2-1-3-13(15)12-20-7-9-21(10-8-20)16-6-5-14(18)11-19-16/h1-6,11H,7-10,12H2. The third-order valence-electron chi connectivity index (χ3n) is 3.76. The van der Waals surface area contributed by atoms with Gasteiger partial charge in [0.25, 0.3) is 0 Å². The zero-order chi connectivity index (χ0) is 14.7. The van der Waals surface area contributed by atoms with Crippen LogP contribution < -0.4 is 4.90 Å². The molecule has 0 unspecified atom stereocenters. The largest absolute Gasteiger partial charge is 0.354 e. The molecule has 0 spiro atoms. The van der Waals surface area contributed by atoms with Gasteiger partial charge in [0.05, 0.1) is 5.02 Å². The number of rotatable bonds is 3. The van der Waals surface area contributed by atoms with Crippen molar-refractivity contribution in [3.63, 3.8) is 0 Å². The van der Waals surface area contributed by atoms with Crippen LogP contribution in [0.4, 0.5) is 5.82 Å². The number of nitrogens with zero attached hydrogens (tertiary/aromatic N) is 3. The molecule has 0 N–H and O–H groups in total. The molecule has 1 saturated heterocycles. The topological polar surface area (TPSA) is 19.4 Å². The van der Waals surface area contributed by atoms with Crippen LogP contribution in [-0.4, -0.2) is 36.1 Å². The van der Waals surface area contributed by atoms with Gasteiger partial charge in [-0.25, -0.2) is 4.98 Å². The summed E-state index contributed by atoms with van der Waals surface area (Å²) in [6.07, 6.45) is 1.71. The lowest BCUT2D eigenvalue weighted by Gasteiger charge is -2.35. The smallest absolute Gasteiger partial charge is 0.128 e. The molecule has 1 aromatic carbocycles. The Balaban J connectivity index is 1.58. The highest BCUT2D eigenvalue weighted by molar-refractivity contribution is 9.10. The predicted octanol–water partition coefficient (Wildman–Crippen LogP) is 3.82. The van der Waals surface area contributed by atoms with E-state index < -0.39 is 0 Å². The predicted molar refractivity (Wildman–Crippen MR) is 90.9 cm³/mol. The quantitative estimate of drug-likeness (QED) is 0.823. The maximum Gasteiger partial charge on any atom is 0.128 e. The Kier molecular flexibility index (Phi) is 4.78. The summed E-state index contributed by atoms with van der Waals surface area (Å²) in [5, 5.41) is 0.686. The van der Waals surface area contributed by atoms with Crippen molar-refractivity contribution in [2.75, 3.05) is 31.1 Å². The Bertz CT molecular complexity index is 595. The molecule has 5 heteroatoms. The Morgan fingerprint density at radius 1 is 1.05 bits per heavy atom. The van der Waals surface area contributed by atoms with Crippen LogP contribution in [0.5, 0.6) is 0 Å². The van der Waals surface area contributed by atoms with Crippen molar-refractivity contribution in [2.45, 2.75) is 6.54 Å². The Morgan fingerprint density at radius 2 is 1.81 bits per heavy atom. The van der Waals surface area contributed by atoms with Crippen molar-refractivity contribution < 1.29 is 0 Å². The van der Waals surface area contributed by atoms with Gasteiger partial charge in [0.1, 0.15) is 5.82 Å². The molecule has 3 rings (SSSR count). The van der Waals surface area contributed by atoms with Crippen LogP contribution in [0.1, 0.15) is 5.56 Å². The van der Waals surface area contributed by atoms with E-state index in [0.29, 0.717) is 5.02 Å². The molecular formula is C16H17BrClN3. The number of anilines is 1. The highest BCUT2D eigenvalue weighted by Crippen LogP contribution is 2.20. The normalized spacial score (nSPS) is 16.2. The number of halogens is 2. The highest BCUT2D eigenvalue weighted by Gasteiger charge is 2.18. The van der Waals surface area contributed by atoms with Gasteiger partial charge in [0.2, 0.25) is 0 Å².